The SMILES string of the molecule is c1cc2c3c4c1CSC1=C(SC3)S/C(=C3/SC(=C(SC4)S3)SC2)S1. The van der Waals surface area contributed by atoms with Crippen LogP contribution in [0.15, 0.2) is 37.6 Å². The van der Waals surface area contributed by atoms with E-state index in [9.17, 15) is 0 Å². The van der Waals surface area contributed by atoms with Crippen LogP contribution in [0.25, 0.3) is 0 Å². The molecule has 8 rings (SSSR count). The van der Waals surface area contributed by atoms with Crippen LogP contribution in [0.5, 0.6) is 0 Å². The van der Waals surface area contributed by atoms with Crippen molar-refractivity contribution < 1.29 is 0 Å². The van der Waals surface area contributed by atoms with Gasteiger partial charge in [0, 0.05) is 23.0 Å². The average Bonchev–Trinajstić information content (AvgIpc) is 3.18. The van der Waals surface area contributed by atoms with Crippen molar-refractivity contribution in [3.05, 3.63) is 59.8 Å². The predicted molar refractivity (Wildman–Crippen MR) is 123 cm³/mol. The van der Waals surface area contributed by atoms with Crippen LogP contribution in [0.1, 0.15) is 22.3 Å². The van der Waals surface area contributed by atoms with Gasteiger partial charge in [0.15, 0.2) is 0 Å². The second kappa shape index (κ2) is 6.40. The molecule has 0 unspecified atom stereocenters. The minimum Gasteiger partial charge on any atom is -0.112 e. The summed E-state index contributed by atoms with van der Waals surface area (Å²) in [7, 11) is 0. The van der Waals surface area contributed by atoms with Crippen LogP contribution in [-0.4, -0.2) is 0 Å². The molecule has 0 atom stereocenters. The molecule has 24 heavy (non-hydrogen) atoms. The maximum absolute atomic E-state index is 2.41. The molecule has 0 aliphatic carbocycles. The summed E-state index contributed by atoms with van der Waals surface area (Å²) in [6.45, 7) is 0. The Hall–Kier alpha value is 1.24. The third-order valence-electron chi connectivity index (χ3n) is 4.28. The molecule has 0 N–H and O–H groups in total. The molecule has 0 saturated carbocycles. The van der Waals surface area contributed by atoms with Crippen LogP contribution in [0.2, 0.25) is 0 Å². The van der Waals surface area contributed by atoms with E-state index < -0.39 is 0 Å². The van der Waals surface area contributed by atoms with Gasteiger partial charge in [0.1, 0.15) is 0 Å². The Bertz CT molecular complexity index is 799. The number of benzene rings is 1. The quantitative estimate of drug-likeness (QED) is 0.378. The largest absolute Gasteiger partial charge is 0.112 e. The normalized spacial score (nSPS) is 27.7. The first kappa shape index (κ1) is 16.2. The van der Waals surface area contributed by atoms with E-state index >= 15 is 0 Å². The highest BCUT2D eigenvalue weighted by molar-refractivity contribution is 8.44. The number of fused-ring (bicyclic) bond motifs is 2. The van der Waals surface area contributed by atoms with Gasteiger partial charge in [-0.25, -0.2) is 0 Å². The lowest BCUT2D eigenvalue weighted by Gasteiger charge is -2.18. The van der Waals surface area contributed by atoms with Gasteiger partial charge >= 0.3 is 0 Å². The Morgan fingerprint density at radius 3 is 1.25 bits per heavy atom. The molecule has 10 bridgehead atoms. The summed E-state index contributed by atoms with van der Waals surface area (Å²) >= 11 is 16.4. The standard InChI is InChI=1S/C16H10S8/c1-2-8-4-18-12-14-19-5-9-7(1)3-17-11-13(20-6-10(8)9)23-15(21-11)16(22-12)24-14/h1-2H,3-6H2/b16-15-. The highest BCUT2D eigenvalue weighted by Gasteiger charge is 2.34. The van der Waals surface area contributed by atoms with Crippen molar-refractivity contribution in [2.75, 3.05) is 0 Å². The van der Waals surface area contributed by atoms with Crippen molar-refractivity contribution in [1.29, 1.82) is 0 Å². The van der Waals surface area contributed by atoms with Crippen LogP contribution in [-0.2, 0) is 23.0 Å². The van der Waals surface area contributed by atoms with E-state index in [0.29, 0.717) is 0 Å². The summed E-state index contributed by atoms with van der Waals surface area (Å²) in [5.74, 6) is 4.52. The minimum atomic E-state index is 1.12. The first-order valence-corrected chi connectivity index (χ1v) is 14.6. The van der Waals surface area contributed by atoms with E-state index in [0.717, 1.165) is 23.0 Å². The third kappa shape index (κ3) is 2.62. The van der Waals surface area contributed by atoms with Crippen molar-refractivity contribution in [2.24, 2.45) is 0 Å². The van der Waals surface area contributed by atoms with E-state index in [2.05, 4.69) is 59.2 Å². The van der Waals surface area contributed by atoms with Crippen LogP contribution < -0.4 is 0 Å². The van der Waals surface area contributed by atoms with Crippen molar-refractivity contribution >= 4 is 94.1 Å². The van der Waals surface area contributed by atoms with Gasteiger partial charge in [0.05, 0.1) is 25.4 Å². The second-order valence-corrected chi connectivity index (χ2v) is 15.2. The number of hydrogen-bond acceptors (Lipinski definition) is 8. The molecule has 122 valence electrons. The van der Waals surface area contributed by atoms with Crippen LogP contribution in [0.4, 0.5) is 0 Å². The highest BCUT2D eigenvalue weighted by Crippen LogP contribution is 2.68. The van der Waals surface area contributed by atoms with E-state index in [4.69, 9.17) is 0 Å². The van der Waals surface area contributed by atoms with E-state index in [-0.39, 0.29) is 0 Å². The zero-order chi connectivity index (χ0) is 15.7. The molecule has 0 nitrogen and oxygen atoms in total. The fourth-order valence-electron chi connectivity index (χ4n) is 3.05. The molecule has 1 aromatic rings. The molecule has 0 amide bonds. The van der Waals surface area contributed by atoms with Gasteiger partial charge < -0.3 is 0 Å². The third-order valence-corrected chi connectivity index (χ3v) is 16.0. The van der Waals surface area contributed by atoms with E-state index in [1.54, 1.807) is 39.2 Å². The minimum absolute atomic E-state index is 1.12. The molecular formula is C16H10S8. The van der Waals surface area contributed by atoms with Gasteiger partial charge in [-0.3, -0.25) is 0 Å². The van der Waals surface area contributed by atoms with E-state index in [1.807, 2.05) is 47.0 Å². The maximum atomic E-state index is 2.41. The van der Waals surface area contributed by atoms with Crippen molar-refractivity contribution in [1.82, 2.24) is 0 Å². The lowest BCUT2D eigenvalue weighted by molar-refractivity contribution is 1.16. The van der Waals surface area contributed by atoms with Crippen LogP contribution >= 0.6 is 94.1 Å². The summed E-state index contributed by atoms with van der Waals surface area (Å²) in [6, 6.07) is 4.83. The lowest BCUT2D eigenvalue weighted by Crippen LogP contribution is -2.01. The fraction of sp³-hybridized carbons (Fsp3) is 0.250. The topological polar surface area (TPSA) is 0 Å². The van der Waals surface area contributed by atoms with Crippen molar-refractivity contribution in [3.8, 4) is 0 Å². The summed E-state index contributed by atoms with van der Waals surface area (Å²) in [6.07, 6.45) is 0. The Balaban J connectivity index is 1.63. The van der Waals surface area contributed by atoms with Crippen molar-refractivity contribution in [2.45, 2.75) is 23.0 Å². The van der Waals surface area contributed by atoms with Gasteiger partial charge in [-0.05, 0) is 22.3 Å². The molecule has 7 aliphatic rings. The highest BCUT2D eigenvalue weighted by atomic mass is 32.3. The van der Waals surface area contributed by atoms with Crippen LogP contribution in [0, 0.1) is 0 Å². The molecule has 1 aromatic carbocycles. The molecule has 0 saturated heterocycles. The number of hydrogen-bond donors (Lipinski definition) is 0. The molecule has 7 aliphatic heterocycles. The average molecular weight is 459 g/mol. The maximum Gasteiger partial charge on any atom is 0.0717 e. The lowest BCUT2D eigenvalue weighted by atomic mass is 9.99. The Morgan fingerprint density at radius 1 is 0.458 bits per heavy atom. The Kier molecular flexibility index (Phi) is 4.32. The summed E-state index contributed by atoms with van der Waals surface area (Å²) in [5.41, 5.74) is 6.39. The van der Waals surface area contributed by atoms with Gasteiger partial charge in [0.2, 0.25) is 0 Å². The monoisotopic (exact) mass is 458 g/mol. The zero-order valence-corrected chi connectivity index (χ0v) is 18.8. The molecule has 0 radical (unpaired) electrons. The van der Waals surface area contributed by atoms with Crippen molar-refractivity contribution in [3.63, 3.8) is 0 Å². The number of thioether (sulfide) groups is 8. The molecular weight excluding hydrogens is 449 g/mol. The van der Waals surface area contributed by atoms with Gasteiger partial charge in [-0.1, -0.05) is 59.2 Å². The predicted octanol–water partition coefficient (Wildman–Crippen LogP) is 8.00. The molecule has 0 fully saturated rings. The Labute approximate surface area is 175 Å². The Morgan fingerprint density at radius 2 is 0.833 bits per heavy atom. The van der Waals surface area contributed by atoms with Gasteiger partial charge in [-0.2, -0.15) is 0 Å². The molecule has 7 heterocycles. The molecule has 0 spiro atoms. The second-order valence-electron chi connectivity index (χ2n) is 5.63. The van der Waals surface area contributed by atoms with E-state index in [1.165, 1.54) is 8.47 Å². The van der Waals surface area contributed by atoms with Gasteiger partial charge in [0.25, 0.3) is 0 Å². The summed E-state index contributed by atoms with van der Waals surface area (Å²) in [4.78, 5) is 0. The smallest absolute Gasteiger partial charge is 0.0717 e. The fourth-order valence-corrected chi connectivity index (χ4v) is 15.3. The zero-order valence-electron chi connectivity index (χ0n) is 12.2. The molecule has 0 aromatic heterocycles. The summed E-state index contributed by atoms with van der Waals surface area (Å²) < 4.78 is 9.22. The van der Waals surface area contributed by atoms with Crippen LogP contribution in [0.3, 0.4) is 0 Å². The summed E-state index contributed by atoms with van der Waals surface area (Å²) in [5, 5.41) is 0. The van der Waals surface area contributed by atoms with Gasteiger partial charge in [-0.15, -0.1) is 47.0 Å². The first-order valence-electron chi connectivity index (χ1n) is 7.43. The first-order chi connectivity index (χ1) is 11.8. The number of rotatable bonds is 0. The molecule has 8 heteroatoms.